The molecule has 47 heavy (non-hydrogen) atoms. The molecule has 1 heterocycles. The molecule has 0 spiro atoms. The number of alkyl carbamates (subject to hydrolysis) is 1. The average Bonchev–Trinajstić information content (AvgIpc) is 3.42. The number of para-hydroxylation sites is 1. The van der Waals surface area contributed by atoms with Crippen molar-refractivity contribution in [2.24, 2.45) is 5.92 Å². The molecule has 0 aliphatic rings. The van der Waals surface area contributed by atoms with Gasteiger partial charge in [-0.3, -0.25) is 19.2 Å². The van der Waals surface area contributed by atoms with E-state index >= 15 is 0 Å². The minimum Gasteiger partial charge on any atom is -0.481 e. The first-order valence-electron chi connectivity index (χ1n) is 14.7. The summed E-state index contributed by atoms with van der Waals surface area (Å²) in [6, 6.07) is 12.8. The van der Waals surface area contributed by atoms with Gasteiger partial charge in [-0.2, -0.15) is 0 Å². The Kier molecular flexibility index (Phi) is 13.1. The lowest BCUT2D eigenvalue weighted by Crippen LogP contribution is -2.57. The van der Waals surface area contributed by atoms with Gasteiger partial charge in [-0.05, 0) is 23.1 Å². The molecule has 0 bridgehead atoms. The predicted octanol–water partition coefficient (Wildman–Crippen LogP) is 1.78. The molecule has 0 fully saturated rings. The van der Waals surface area contributed by atoms with Crippen molar-refractivity contribution in [3.05, 3.63) is 83.4 Å². The molecule has 0 aliphatic heterocycles. The van der Waals surface area contributed by atoms with Gasteiger partial charge in [-0.25, -0.2) is 13.2 Å². The summed E-state index contributed by atoms with van der Waals surface area (Å²) >= 11 is 0. The molecule has 6 N–H and O–H groups in total. The molecule has 4 amide bonds. The molecule has 0 saturated heterocycles. The molecular formula is C32H39N5O9S. The number of fused-ring (bicyclic) bond motifs is 1. The van der Waals surface area contributed by atoms with E-state index in [0.717, 1.165) is 34.2 Å². The van der Waals surface area contributed by atoms with Gasteiger partial charge < -0.3 is 36.1 Å². The van der Waals surface area contributed by atoms with Crippen LogP contribution in [0.25, 0.3) is 10.9 Å². The van der Waals surface area contributed by atoms with E-state index in [1.165, 1.54) is 0 Å². The van der Waals surface area contributed by atoms with Gasteiger partial charge in [0.2, 0.25) is 17.7 Å². The molecular weight excluding hydrogens is 630 g/mol. The van der Waals surface area contributed by atoms with Gasteiger partial charge in [0.25, 0.3) is 0 Å². The molecule has 0 radical (unpaired) electrons. The topological polar surface area (TPSA) is 213 Å². The second kappa shape index (κ2) is 16.9. The smallest absolute Gasteiger partial charge is 0.407 e. The van der Waals surface area contributed by atoms with Crippen molar-refractivity contribution < 1.29 is 42.2 Å². The Labute approximate surface area is 272 Å². The van der Waals surface area contributed by atoms with Crippen molar-refractivity contribution in [2.45, 2.75) is 51.4 Å². The molecule has 1 aromatic heterocycles. The highest BCUT2D eigenvalue weighted by molar-refractivity contribution is 7.93. The van der Waals surface area contributed by atoms with E-state index < -0.39 is 76.6 Å². The number of carboxylic acid groups (broad SMARTS) is 1. The van der Waals surface area contributed by atoms with Crippen LogP contribution in [0.4, 0.5) is 4.79 Å². The van der Waals surface area contributed by atoms with Crippen LogP contribution in [0.1, 0.15) is 31.4 Å². The van der Waals surface area contributed by atoms with E-state index in [1.807, 2.05) is 30.3 Å². The number of carbonyl (C=O) groups is 5. The van der Waals surface area contributed by atoms with Gasteiger partial charge in [0.05, 0.1) is 12.5 Å². The van der Waals surface area contributed by atoms with E-state index in [-0.39, 0.29) is 13.0 Å². The summed E-state index contributed by atoms with van der Waals surface area (Å²) in [4.78, 5) is 66.5. The Hall–Kier alpha value is -5.18. The third-order valence-corrected chi connectivity index (χ3v) is 7.54. The predicted molar refractivity (Wildman–Crippen MR) is 173 cm³/mol. The SMILES string of the molecule is CC(C)[C@H](NC(=O)[C@H](Cc1c[nH]c2ccccc12)NC(=O)CNC(=O)OCc1ccccc1)C(=O)N[C@H](/C=C/S(C)(=O)=O)CC(=O)O. The molecule has 2 aromatic carbocycles. The third kappa shape index (κ3) is 12.3. The number of carbonyl (C=O) groups excluding carboxylic acids is 4. The first-order valence-corrected chi connectivity index (χ1v) is 16.7. The Balaban J connectivity index is 1.74. The van der Waals surface area contributed by atoms with Crippen molar-refractivity contribution in [2.75, 3.05) is 12.8 Å². The summed E-state index contributed by atoms with van der Waals surface area (Å²) in [5.74, 6) is -3.94. The van der Waals surface area contributed by atoms with Gasteiger partial charge in [0, 0.05) is 35.2 Å². The fraction of sp³-hybridized carbons (Fsp3) is 0.344. The van der Waals surface area contributed by atoms with Crippen molar-refractivity contribution in [1.29, 1.82) is 0 Å². The second-order valence-corrected chi connectivity index (χ2v) is 13.1. The maximum absolute atomic E-state index is 13.7. The number of amides is 4. The third-order valence-electron chi connectivity index (χ3n) is 6.88. The van der Waals surface area contributed by atoms with Gasteiger partial charge in [-0.15, -0.1) is 0 Å². The van der Waals surface area contributed by atoms with Crippen LogP contribution in [-0.2, 0) is 46.8 Å². The highest BCUT2D eigenvalue weighted by Crippen LogP contribution is 2.19. The van der Waals surface area contributed by atoms with Crippen LogP contribution in [0.15, 0.2) is 72.3 Å². The first-order chi connectivity index (χ1) is 22.2. The lowest BCUT2D eigenvalue weighted by Gasteiger charge is -2.26. The van der Waals surface area contributed by atoms with Gasteiger partial charge in [-0.1, -0.05) is 68.5 Å². The van der Waals surface area contributed by atoms with Crippen LogP contribution in [-0.4, -0.2) is 79.2 Å². The summed E-state index contributed by atoms with van der Waals surface area (Å²) in [7, 11) is -3.61. The van der Waals surface area contributed by atoms with Crippen molar-refractivity contribution >= 4 is 50.5 Å². The number of benzene rings is 2. The average molecular weight is 670 g/mol. The number of rotatable bonds is 16. The normalized spacial score (nSPS) is 13.4. The fourth-order valence-electron chi connectivity index (χ4n) is 4.56. The largest absolute Gasteiger partial charge is 0.481 e. The van der Waals surface area contributed by atoms with E-state index in [2.05, 4.69) is 26.3 Å². The van der Waals surface area contributed by atoms with Crippen LogP contribution in [0, 0.1) is 5.92 Å². The number of H-pyrrole nitrogens is 1. The molecule has 0 saturated carbocycles. The van der Waals surface area contributed by atoms with Crippen LogP contribution in [0.3, 0.4) is 0 Å². The second-order valence-electron chi connectivity index (χ2n) is 11.2. The molecule has 3 atom stereocenters. The lowest BCUT2D eigenvalue weighted by atomic mass is 10.00. The Bertz CT molecular complexity index is 1700. The maximum Gasteiger partial charge on any atom is 0.407 e. The van der Waals surface area contributed by atoms with E-state index in [0.29, 0.717) is 5.56 Å². The zero-order valence-corrected chi connectivity index (χ0v) is 27.0. The Morgan fingerprint density at radius 3 is 2.28 bits per heavy atom. The number of carboxylic acids is 1. The molecule has 14 nitrogen and oxygen atoms in total. The van der Waals surface area contributed by atoms with Crippen molar-refractivity contribution in [3.8, 4) is 0 Å². The fourth-order valence-corrected chi connectivity index (χ4v) is 5.03. The number of aromatic amines is 1. The van der Waals surface area contributed by atoms with Gasteiger partial charge in [0.1, 0.15) is 25.2 Å². The van der Waals surface area contributed by atoms with Crippen molar-refractivity contribution in [3.63, 3.8) is 0 Å². The summed E-state index contributed by atoms with van der Waals surface area (Å²) in [6.07, 6.45) is 2.26. The minimum atomic E-state index is -3.61. The number of sulfone groups is 1. The monoisotopic (exact) mass is 669 g/mol. The van der Waals surface area contributed by atoms with Crippen molar-refractivity contribution in [1.82, 2.24) is 26.3 Å². The highest BCUT2D eigenvalue weighted by Gasteiger charge is 2.30. The number of nitrogens with one attached hydrogen (secondary N) is 5. The van der Waals surface area contributed by atoms with Gasteiger partial charge >= 0.3 is 12.1 Å². The molecule has 15 heteroatoms. The number of hydrogen-bond donors (Lipinski definition) is 6. The molecule has 3 aromatic rings. The summed E-state index contributed by atoms with van der Waals surface area (Å²) in [6.45, 7) is 2.81. The number of aromatic nitrogens is 1. The minimum absolute atomic E-state index is 0.00406. The van der Waals surface area contributed by atoms with E-state index in [1.54, 1.807) is 44.3 Å². The first kappa shape index (κ1) is 36.3. The van der Waals surface area contributed by atoms with Crippen LogP contribution in [0.2, 0.25) is 0 Å². The quantitative estimate of drug-likeness (QED) is 0.131. The summed E-state index contributed by atoms with van der Waals surface area (Å²) in [5, 5.41) is 20.9. The number of ether oxygens (including phenoxy) is 1. The molecule has 252 valence electrons. The molecule has 0 aliphatic carbocycles. The number of aliphatic carboxylic acids is 1. The number of hydrogen-bond acceptors (Lipinski definition) is 8. The summed E-state index contributed by atoms with van der Waals surface area (Å²) in [5.41, 5.74) is 2.27. The Morgan fingerprint density at radius 1 is 0.936 bits per heavy atom. The molecule has 0 unspecified atom stereocenters. The highest BCUT2D eigenvalue weighted by atomic mass is 32.2. The Morgan fingerprint density at radius 2 is 1.62 bits per heavy atom. The summed E-state index contributed by atoms with van der Waals surface area (Å²) < 4.78 is 28.3. The van der Waals surface area contributed by atoms with Crippen LogP contribution < -0.4 is 21.3 Å². The zero-order valence-electron chi connectivity index (χ0n) is 26.2. The molecule has 3 rings (SSSR count). The zero-order chi connectivity index (χ0) is 34.6. The van der Waals surface area contributed by atoms with E-state index in [4.69, 9.17) is 4.74 Å². The van der Waals surface area contributed by atoms with E-state index in [9.17, 15) is 37.5 Å². The van der Waals surface area contributed by atoms with Crippen LogP contribution >= 0.6 is 0 Å². The van der Waals surface area contributed by atoms with Gasteiger partial charge in [0.15, 0.2) is 9.84 Å². The lowest BCUT2D eigenvalue weighted by molar-refractivity contribution is -0.137. The maximum atomic E-state index is 13.7. The van der Waals surface area contributed by atoms with Crippen LogP contribution in [0.5, 0.6) is 0 Å². The standard InChI is InChI=1S/C32H39N5O9S/c1-20(2)29(31(42)35-23(16-28(39)40)13-14-47(3,44)45)37-30(41)26(15-22-17-33-25-12-8-7-11-24(22)25)36-27(38)18-34-32(43)46-19-21-9-5-4-6-10-21/h4-14,17,20,23,26,29,33H,15-16,18-19H2,1-3H3,(H,34,43)(H,35,42)(H,36,38)(H,37,41)(H,39,40)/b14-13+/t23-,26+,29+/m1/s1.